The molecule has 14 heavy (non-hydrogen) atoms. The Kier molecular flexibility index (Phi) is 2.78. The maximum atomic E-state index is 11.4. The van der Waals surface area contributed by atoms with Crippen LogP contribution in [-0.2, 0) is 10.0 Å². The predicted octanol–water partition coefficient (Wildman–Crippen LogP) is 2.29. The Labute approximate surface area is 90.4 Å². The standard InChI is InChI=1S/C9H17NO2S2/c1-8(2,3)7-9(4,5)13-6-14(11,12)10-7/h6H2,1-5H3. The van der Waals surface area contributed by atoms with Gasteiger partial charge in [-0.2, -0.15) is 4.40 Å². The molecule has 1 heterocycles. The van der Waals surface area contributed by atoms with Gasteiger partial charge in [0.25, 0.3) is 10.0 Å². The van der Waals surface area contributed by atoms with Crippen molar-refractivity contribution in [1.82, 2.24) is 0 Å². The number of sulfonamides is 1. The van der Waals surface area contributed by atoms with Gasteiger partial charge in [0.1, 0.15) is 5.08 Å². The van der Waals surface area contributed by atoms with Crippen molar-refractivity contribution in [3.63, 3.8) is 0 Å². The van der Waals surface area contributed by atoms with Crippen LogP contribution in [0.15, 0.2) is 4.40 Å². The Hall–Kier alpha value is -0.0300. The predicted molar refractivity (Wildman–Crippen MR) is 62.3 cm³/mol. The van der Waals surface area contributed by atoms with Crippen LogP contribution < -0.4 is 0 Å². The van der Waals surface area contributed by atoms with Gasteiger partial charge in [-0.25, -0.2) is 8.42 Å². The fourth-order valence-corrected chi connectivity index (χ4v) is 4.92. The lowest BCUT2D eigenvalue weighted by Gasteiger charge is -2.36. The second kappa shape index (κ2) is 3.23. The van der Waals surface area contributed by atoms with Crippen LogP contribution in [0.25, 0.3) is 0 Å². The summed E-state index contributed by atoms with van der Waals surface area (Å²) in [6.45, 7) is 10.0. The van der Waals surface area contributed by atoms with E-state index in [0.29, 0.717) is 0 Å². The molecule has 0 radical (unpaired) electrons. The highest BCUT2D eigenvalue weighted by atomic mass is 32.3. The maximum absolute atomic E-state index is 11.4. The Morgan fingerprint density at radius 1 is 1.36 bits per heavy atom. The van der Waals surface area contributed by atoms with Crippen LogP contribution in [0.2, 0.25) is 0 Å². The zero-order valence-corrected chi connectivity index (χ0v) is 10.9. The highest BCUT2D eigenvalue weighted by Crippen LogP contribution is 2.39. The minimum atomic E-state index is -3.24. The largest absolute Gasteiger partial charge is 0.262 e. The Morgan fingerprint density at radius 2 is 1.86 bits per heavy atom. The Bertz CT molecular complexity index is 361. The molecule has 0 saturated heterocycles. The Balaban J connectivity index is 3.28. The molecule has 0 atom stereocenters. The summed E-state index contributed by atoms with van der Waals surface area (Å²) >= 11 is 1.44. The summed E-state index contributed by atoms with van der Waals surface area (Å²) in [6.07, 6.45) is 0. The molecule has 1 aliphatic heterocycles. The number of thioether (sulfide) groups is 1. The van der Waals surface area contributed by atoms with Crippen LogP contribution in [-0.4, -0.2) is 24.0 Å². The lowest BCUT2D eigenvalue weighted by atomic mass is 9.83. The van der Waals surface area contributed by atoms with E-state index in [1.54, 1.807) is 0 Å². The van der Waals surface area contributed by atoms with E-state index >= 15 is 0 Å². The van der Waals surface area contributed by atoms with E-state index in [1.807, 2.05) is 34.6 Å². The van der Waals surface area contributed by atoms with Crippen LogP contribution in [0.3, 0.4) is 0 Å². The maximum Gasteiger partial charge on any atom is 0.262 e. The molecule has 0 bridgehead atoms. The van der Waals surface area contributed by atoms with Gasteiger partial charge in [0.05, 0.1) is 10.5 Å². The second-order valence-corrected chi connectivity index (χ2v) is 8.64. The minimum absolute atomic E-state index is 0.0968. The van der Waals surface area contributed by atoms with Crippen LogP contribution in [0, 0.1) is 5.41 Å². The lowest BCUT2D eigenvalue weighted by Crippen LogP contribution is -2.42. The van der Waals surface area contributed by atoms with Crippen LogP contribution >= 0.6 is 11.8 Å². The highest BCUT2D eigenvalue weighted by molar-refractivity contribution is 8.14. The van der Waals surface area contributed by atoms with Gasteiger partial charge in [-0.1, -0.05) is 20.8 Å². The van der Waals surface area contributed by atoms with Crippen molar-refractivity contribution in [2.75, 3.05) is 5.08 Å². The van der Waals surface area contributed by atoms with Crippen molar-refractivity contribution in [1.29, 1.82) is 0 Å². The van der Waals surface area contributed by atoms with Crippen molar-refractivity contribution in [3.8, 4) is 0 Å². The van der Waals surface area contributed by atoms with Gasteiger partial charge >= 0.3 is 0 Å². The van der Waals surface area contributed by atoms with Crippen molar-refractivity contribution in [3.05, 3.63) is 0 Å². The molecule has 0 unspecified atom stereocenters. The molecule has 1 rings (SSSR count). The quantitative estimate of drug-likeness (QED) is 0.647. The van der Waals surface area contributed by atoms with Crippen molar-refractivity contribution < 1.29 is 8.42 Å². The van der Waals surface area contributed by atoms with Crippen LogP contribution in [0.5, 0.6) is 0 Å². The second-order valence-electron chi connectivity index (χ2n) is 5.04. The van der Waals surface area contributed by atoms with Gasteiger partial charge in [0.2, 0.25) is 0 Å². The molecule has 5 heteroatoms. The summed E-state index contributed by atoms with van der Waals surface area (Å²) < 4.78 is 26.5. The highest BCUT2D eigenvalue weighted by Gasteiger charge is 2.39. The molecule has 0 fully saturated rings. The van der Waals surface area contributed by atoms with Crippen molar-refractivity contribution in [2.45, 2.75) is 39.4 Å². The van der Waals surface area contributed by atoms with Gasteiger partial charge in [0, 0.05) is 5.41 Å². The lowest BCUT2D eigenvalue weighted by molar-refractivity contribution is 0.559. The third kappa shape index (κ3) is 2.51. The molecule has 0 N–H and O–H groups in total. The van der Waals surface area contributed by atoms with Crippen molar-refractivity contribution >= 4 is 27.5 Å². The monoisotopic (exact) mass is 235 g/mol. The molecule has 0 spiro atoms. The normalized spacial score (nSPS) is 25.6. The van der Waals surface area contributed by atoms with Crippen LogP contribution in [0.1, 0.15) is 34.6 Å². The van der Waals surface area contributed by atoms with Crippen LogP contribution in [0.4, 0.5) is 0 Å². The van der Waals surface area contributed by atoms with Crippen molar-refractivity contribution in [2.24, 2.45) is 9.81 Å². The number of hydrogen-bond donors (Lipinski definition) is 0. The SMILES string of the molecule is CC(C)(C)C1=NS(=O)(=O)CSC1(C)C. The van der Waals surface area contributed by atoms with E-state index in [9.17, 15) is 8.42 Å². The van der Waals surface area contributed by atoms with Gasteiger partial charge in [-0.05, 0) is 13.8 Å². The summed E-state index contributed by atoms with van der Waals surface area (Å²) in [5.41, 5.74) is 0.575. The molecule has 1 aliphatic rings. The van der Waals surface area contributed by atoms with Gasteiger partial charge < -0.3 is 0 Å². The molecule has 0 aliphatic carbocycles. The molecule has 0 saturated carbocycles. The van der Waals surface area contributed by atoms with E-state index < -0.39 is 10.0 Å². The smallest absolute Gasteiger partial charge is 0.204 e. The van der Waals surface area contributed by atoms with E-state index in [1.165, 1.54) is 11.8 Å². The molecule has 0 aromatic carbocycles. The molecule has 82 valence electrons. The molecular weight excluding hydrogens is 218 g/mol. The molecule has 0 aromatic heterocycles. The number of hydrogen-bond acceptors (Lipinski definition) is 3. The fraction of sp³-hybridized carbons (Fsp3) is 0.889. The summed E-state index contributed by atoms with van der Waals surface area (Å²) in [7, 11) is -3.24. The molecule has 0 amide bonds. The summed E-state index contributed by atoms with van der Waals surface area (Å²) in [6, 6.07) is 0. The molecule has 3 nitrogen and oxygen atoms in total. The zero-order valence-electron chi connectivity index (χ0n) is 9.29. The summed E-state index contributed by atoms with van der Waals surface area (Å²) in [4.78, 5) is 0. The van der Waals surface area contributed by atoms with E-state index in [0.717, 1.165) is 5.71 Å². The first-order valence-corrected chi connectivity index (χ1v) is 7.12. The van der Waals surface area contributed by atoms with Gasteiger partial charge in [0.15, 0.2) is 0 Å². The number of nitrogens with zero attached hydrogens (tertiary/aromatic N) is 1. The fourth-order valence-electron chi connectivity index (χ4n) is 1.61. The summed E-state index contributed by atoms with van der Waals surface area (Å²) in [5, 5.41) is 0.0968. The zero-order chi connectivity index (χ0) is 11.2. The molecule has 0 aromatic rings. The first-order valence-electron chi connectivity index (χ1n) is 4.52. The average molecular weight is 235 g/mol. The van der Waals surface area contributed by atoms with Gasteiger partial charge in [-0.15, -0.1) is 11.8 Å². The third-order valence-electron chi connectivity index (χ3n) is 2.08. The first kappa shape index (κ1) is 12.0. The molecular formula is C9H17NO2S2. The van der Waals surface area contributed by atoms with E-state index in [4.69, 9.17) is 0 Å². The first-order chi connectivity index (χ1) is 6.05. The van der Waals surface area contributed by atoms with Gasteiger partial charge in [-0.3, -0.25) is 0 Å². The average Bonchev–Trinajstić information content (AvgIpc) is 1.93. The van der Waals surface area contributed by atoms with E-state index in [-0.39, 0.29) is 15.2 Å². The topological polar surface area (TPSA) is 46.5 Å². The minimum Gasteiger partial charge on any atom is -0.204 e. The Morgan fingerprint density at radius 3 is 2.21 bits per heavy atom. The number of rotatable bonds is 0. The van der Waals surface area contributed by atoms with E-state index in [2.05, 4.69) is 4.40 Å². The third-order valence-corrected chi connectivity index (χ3v) is 5.12. The summed E-state index contributed by atoms with van der Waals surface area (Å²) in [5.74, 6) is 0.